The van der Waals surface area contributed by atoms with Crippen LogP contribution >= 0.6 is 11.3 Å². The molecule has 1 atom stereocenters. The third kappa shape index (κ3) is 3.44. The molecule has 2 heterocycles. The van der Waals surface area contributed by atoms with Gasteiger partial charge in [-0.3, -0.25) is 4.79 Å². The molecule has 2 aliphatic rings. The van der Waals surface area contributed by atoms with Crippen LogP contribution in [-0.2, 0) is 24.2 Å². The number of thiazole rings is 1. The first-order chi connectivity index (χ1) is 12.6. The van der Waals surface area contributed by atoms with Crippen molar-refractivity contribution < 1.29 is 9.59 Å². The third-order valence-electron chi connectivity index (χ3n) is 4.91. The van der Waals surface area contributed by atoms with Crippen molar-refractivity contribution in [2.45, 2.75) is 44.7 Å². The third-order valence-corrected chi connectivity index (χ3v) is 6.05. The number of hydrogen-bond donors (Lipinski definition) is 2. The lowest BCUT2D eigenvalue weighted by molar-refractivity contribution is -0.116. The highest BCUT2D eigenvalue weighted by molar-refractivity contribution is 7.11. The first-order valence-corrected chi connectivity index (χ1v) is 9.79. The Morgan fingerprint density at radius 2 is 2.15 bits per heavy atom. The molecule has 3 amide bonds. The second-order valence-electron chi connectivity index (χ2n) is 6.88. The van der Waals surface area contributed by atoms with E-state index in [4.69, 9.17) is 4.98 Å². The second kappa shape index (κ2) is 7.07. The standard InChI is InChI=1S/C19H22N4O2S/c1-23(11-18-21-14-8-4-5-9-16(14)26-18)19(25)22-15-10-17(24)20-13-7-3-2-6-12(13)15/h2-3,6-7,15H,4-5,8-11H2,1H3,(H,20,24)(H,22,25)/t15-/m1/s1. The minimum Gasteiger partial charge on any atom is -0.331 e. The summed E-state index contributed by atoms with van der Waals surface area (Å²) in [5, 5.41) is 6.82. The van der Waals surface area contributed by atoms with E-state index < -0.39 is 0 Å². The molecule has 7 heteroatoms. The number of urea groups is 1. The van der Waals surface area contributed by atoms with E-state index in [1.54, 1.807) is 23.3 Å². The molecule has 1 aliphatic carbocycles. The molecule has 0 saturated carbocycles. The van der Waals surface area contributed by atoms with Crippen LogP contribution in [0.2, 0.25) is 0 Å². The summed E-state index contributed by atoms with van der Waals surface area (Å²) in [5.41, 5.74) is 2.92. The molecule has 2 N–H and O–H groups in total. The molecule has 0 radical (unpaired) electrons. The molecule has 6 nitrogen and oxygen atoms in total. The van der Waals surface area contributed by atoms with Crippen molar-refractivity contribution in [2.24, 2.45) is 0 Å². The van der Waals surface area contributed by atoms with Gasteiger partial charge in [0.15, 0.2) is 0 Å². The highest BCUT2D eigenvalue weighted by atomic mass is 32.1. The number of amides is 3. The summed E-state index contributed by atoms with van der Waals surface area (Å²) in [6.45, 7) is 0.490. The average molecular weight is 370 g/mol. The molecule has 2 aromatic rings. The van der Waals surface area contributed by atoms with Crippen molar-refractivity contribution in [2.75, 3.05) is 12.4 Å². The van der Waals surface area contributed by atoms with Crippen LogP contribution in [0.25, 0.3) is 0 Å². The number of carbonyl (C=O) groups is 2. The Bertz CT molecular complexity index is 824. The fraction of sp³-hybridized carbons (Fsp3) is 0.421. The molecule has 1 aromatic carbocycles. The summed E-state index contributed by atoms with van der Waals surface area (Å²) in [4.78, 5) is 32.3. The summed E-state index contributed by atoms with van der Waals surface area (Å²) in [5.74, 6) is -0.0794. The van der Waals surface area contributed by atoms with E-state index in [1.807, 2.05) is 24.3 Å². The topological polar surface area (TPSA) is 74.3 Å². The summed E-state index contributed by atoms with van der Waals surface area (Å²) in [6.07, 6.45) is 4.85. The molecule has 1 aromatic heterocycles. The highest BCUT2D eigenvalue weighted by Crippen LogP contribution is 2.30. The summed E-state index contributed by atoms with van der Waals surface area (Å²) >= 11 is 1.72. The Kier molecular flexibility index (Phi) is 4.63. The minimum absolute atomic E-state index is 0.0794. The molecule has 0 fully saturated rings. The van der Waals surface area contributed by atoms with Crippen LogP contribution < -0.4 is 10.6 Å². The van der Waals surface area contributed by atoms with E-state index >= 15 is 0 Å². The summed E-state index contributed by atoms with van der Waals surface area (Å²) in [7, 11) is 1.77. The first-order valence-electron chi connectivity index (χ1n) is 8.98. The van der Waals surface area contributed by atoms with Gasteiger partial charge in [0.1, 0.15) is 5.01 Å². The number of para-hydroxylation sites is 1. The number of aryl methyl sites for hydroxylation is 2. The zero-order chi connectivity index (χ0) is 18.1. The van der Waals surface area contributed by atoms with Crippen LogP contribution in [0, 0.1) is 0 Å². The van der Waals surface area contributed by atoms with Gasteiger partial charge in [-0.1, -0.05) is 18.2 Å². The lowest BCUT2D eigenvalue weighted by Crippen LogP contribution is -2.41. The Morgan fingerprint density at radius 1 is 1.35 bits per heavy atom. The van der Waals surface area contributed by atoms with Gasteiger partial charge in [-0.25, -0.2) is 9.78 Å². The summed E-state index contributed by atoms with van der Waals surface area (Å²) in [6, 6.07) is 7.09. The van der Waals surface area contributed by atoms with Gasteiger partial charge in [-0.15, -0.1) is 11.3 Å². The number of nitrogens with zero attached hydrogens (tertiary/aromatic N) is 2. The van der Waals surface area contributed by atoms with E-state index in [9.17, 15) is 9.59 Å². The SMILES string of the molecule is CN(Cc1nc2c(s1)CCCC2)C(=O)N[C@@H]1CC(=O)Nc2ccccc21. The average Bonchev–Trinajstić information content (AvgIpc) is 3.03. The van der Waals surface area contributed by atoms with E-state index in [1.165, 1.54) is 23.4 Å². The zero-order valence-electron chi connectivity index (χ0n) is 14.7. The van der Waals surface area contributed by atoms with Crippen molar-refractivity contribution in [1.29, 1.82) is 0 Å². The number of carbonyl (C=O) groups excluding carboxylic acids is 2. The Balaban J connectivity index is 1.43. The van der Waals surface area contributed by atoms with Crippen molar-refractivity contribution in [3.63, 3.8) is 0 Å². The van der Waals surface area contributed by atoms with Gasteiger partial charge in [0.05, 0.1) is 24.7 Å². The van der Waals surface area contributed by atoms with Gasteiger partial charge in [-0.05, 0) is 37.3 Å². The molecule has 0 saturated heterocycles. The Morgan fingerprint density at radius 3 is 3.00 bits per heavy atom. The normalized spacial score (nSPS) is 18.5. The monoisotopic (exact) mass is 370 g/mol. The van der Waals surface area contributed by atoms with Crippen LogP contribution in [0.3, 0.4) is 0 Å². The Labute approximate surface area is 156 Å². The van der Waals surface area contributed by atoms with Crippen molar-refractivity contribution >= 4 is 29.0 Å². The van der Waals surface area contributed by atoms with Crippen LogP contribution in [0.15, 0.2) is 24.3 Å². The molecule has 26 heavy (non-hydrogen) atoms. The largest absolute Gasteiger partial charge is 0.331 e. The number of fused-ring (bicyclic) bond motifs is 2. The van der Waals surface area contributed by atoms with Gasteiger partial charge in [0.25, 0.3) is 0 Å². The molecule has 0 spiro atoms. The van der Waals surface area contributed by atoms with Gasteiger partial charge >= 0.3 is 6.03 Å². The number of anilines is 1. The highest BCUT2D eigenvalue weighted by Gasteiger charge is 2.27. The maximum Gasteiger partial charge on any atom is 0.318 e. The molecule has 0 bridgehead atoms. The summed E-state index contributed by atoms with van der Waals surface area (Å²) < 4.78 is 0. The van der Waals surface area contributed by atoms with Gasteiger partial charge in [0.2, 0.25) is 5.91 Å². The quantitative estimate of drug-likeness (QED) is 0.871. The van der Waals surface area contributed by atoms with Gasteiger partial charge < -0.3 is 15.5 Å². The lowest BCUT2D eigenvalue weighted by Gasteiger charge is -2.28. The molecule has 4 rings (SSSR count). The lowest BCUT2D eigenvalue weighted by atomic mass is 9.97. The maximum absolute atomic E-state index is 12.6. The van der Waals surface area contributed by atoms with Crippen molar-refractivity contribution in [3.8, 4) is 0 Å². The van der Waals surface area contributed by atoms with E-state index in [0.29, 0.717) is 6.54 Å². The van der Waals surface area contributed by atoms with Crippen LogP contribution in [0.1, 0.15) is 46.4 Å². The predicted octanol–water partition coefficient (Wildman–Crippen LogP) is 3.25. The van der Waals surface area contributed by atoms with E-state index in [-0.39, 0.29) is 24.4 Å². The number of benzene rings is 1. The van der Waals surface area contributed by atoms with Crippen LogP contribution in [0.5, 0.6) is 0 Å². The van der Waals surface area contributed by atoms with Crippen LogP contribution in [0.4, 0.5) is 10.5 Å². The van der Waals surface area contributed by atoms with E-state index in [2.05, 4.69) is 10.6 Å². The number of rotatable bonds is 3. The van der Waals surface area contributed by atoms with Crippen molar-refractivity contribution in [1.82, 2.24) is 15.2 Å². The fourth-order valence-corrected chi connectivity index (χ4v) is 4.76. The smallest absolute Gasteiger partial charge is 0.318 e. The molecular formula is C19H22N4O2S. The van der Waals surface area contributed by atoms with Gasteiger partial charge in [0, 0.05) is 17.6 Å². The maximum atomic E-state index is 12.6. The molecule has 1 aliphatic heterocycles. The number of aromatic nitrogens is 1. The minimum atomic E-state index is -0.306. The molecule has 136 valence electrons. The van der Waals surface area contributed by atoms with Gasteiger partial charge in [-0.2, -0.15) is 0 Å². The molecular weight excluding hydrogens is 348 g/mol. The molecule has 0 unspecified atom stereocenters. The first kappa shape index (κ1) is 17.0. The second-order valence-corrected chi connectivity index (χ2v) is 8.05. The number of nitrogens with one attached hydrogen (secondary N) is 2. The van der Waals surface area contributed by atoms with Crippen molar-refractivity contribution in [3.05, 3.63) is 45.4 Å². The predicted molar refractivity (Wildman–Crippen MR) is 101 cm³/mol. The number of hydrogen-bond acceptors (Lipinski definition) is 4. The van der Waals surface area contributed by atoms with Crippen LogP contribution in [-0.4, -0.2) is 28.9 Å². The zero-order valence-corrected chi connectivity index (χ0v) is 15.6. The fourth-order valence-electron chi connectivity index (χ4n) is 3.55. The Hall–Kier alpha value is -2.41. The van der Waals surface area contributed by atoms with E-state index in [0.717, 1.165) is 29.1 Å².